The van der Waals surface area contributed by atoms with Crippen molar-refractivity contribution in [2.45, 2.75) is 24.6 Å². The van der Waals surface area contributed by atoms with Crippen LogP contribution in [0.1, 0.15) is 13.3 Å². The fourth-order valence-electron chi connectivity index (χ4n) is 1.73. The third-order valence-corrected chi connectivity index (χ3v) is 5.10. The molecule has 0 amide bonds. The molecule has 0 spiro atoms. The van der Waals surface area contributed by atoms with Crippen molar-refractivity contribution in [3.63, 3.8) is 0 Å². The summed E-state index contributed by atoms with van der Waals surface area (Å²) in [7, 11) is 0. The molecular formula is C11H13ClINS. The molecule has 1 heterocycles. The normalized spacial score (nSPS) is 25.5. The van der Waals surface area contributed by atoms with Crippen LogP contribution >= 0.6 is 46.0 Å². The lowest BCUT2D eigenvalue weighted by molar-refractivity contribution is 0.724. The Morgan fingerprint density at radius 1 is 1.53 bits per heavy atom. The minimum atomic E-state index is 0.602. The van der Waals surface area contributed by atoms with Gasteiger partial charge in [-0.15, -0.1) is 0 Å². The van der Waals surface area contributed by atoms with Gasteiger partial charge >= 0.3 is 0 Å². The number of rotatable bonds is 2. The van der Waals surface area contributed by atoms with Crippen molar-refractivity contribution in [1.29, 1.82) is 0 Å². The van der Waals surface area contributed by atoms with Gasteiger partial charge in [-0.3, -0.25) is 0 Å². The van der Waals surface area contributed by atoms with E-state index in [1.165, 1.54) is 21.4 Å². The van der Waals surface area contributed by atoms with Crippen LogP contribution in [0.5, 0.6) is 0 Å². The number of benzene rings is 1. The topological polar surface area (TPSA) is 12.0 Å². The van der Waals surface area contributed by atoms with Crippen molar-refractivity contribution < 1.29 is 0 Å². The second-order valence-electron chi connectivity index (χ2n) is 3.74. The molecule has 0 aliphatic carbocycles. The van der Waals surface area contributed by atoms with Crippen molar-refractivity contribution >= 4 is 51.6 Å². The van der Waals surface area contributed by atoms with Crippen LogP contribution in [-0.4, -0.2) is 17.0 Å². The Balaban J connectivity index is 2.10. The van der Waals surface area contributed by atoms with Crippen LogP contribution in [0.15, 0.2) is 18.2 Å². The maximum absolute atomic E-state index is 5.93. The zero-order chi connectivity index (χ0) is 10.8. The lowest BCUT2D eigenvalue weighted by atomic mass is 10.1. The smallest absolute Gasteiger partial charge is 0.0479 e. The van der Waals surface area contributed by atoms with E-state index in [1.54, 1.807) is 0 Å². The maximum atomic E-state index is 5.93. The number of hydrogen-bond donors (Lipinski definition) is 1. The van der Waals surface area contributed by atoms with Gasteiger partial charge in [0.1, 0.15) is 0 Å². The van der Waals surface area contributed by atoms with Gasteiger partial charge in [0.2, 0.25) is 0 Å². The van der Waals surface area contributed by atoms with E-state index in [4.69, 9.17) is 11.6 Å². The lowest BCUT2D eigenvalue weighted by Gasteiger charge is -2.19. The van der Waals surface area contributed by atoms with E-state index < -0.39 is 0 Å². The summed E-state index contributed by atoms with van der Waals surface area (Å²) in [6, 6.07) is 6.61. The average molecular weight is 354 g/mol. The molecular weight excluding hydrogens is 341 g/mol. The van der Waals surface area contributed by atoms with E-state index in [9.17, 15) is 0 Å². The second-order valence-corrected chi connectivity index (χ2v) is 6.82. The van der Waals surface area contributed by atoms with Crippen molar-refractivity contribution in [3.05, 3.63) is 26.8 Å². The summed E-state index contributed by atoms with van der Waals surface area (Å²) < 4.78 is 1.20. The van der Waals surface area contributed by atoms with E-state index in [1.807, 2.05) is 23.9 Å². The van der Waals surface area contributed by atoms with Gasteiger partial charge in [0.05, 0.1) is 0 Å². The molecule has 1 fully saturated rings. The number of halogens is 2. The Morgan fingerprint density at radius 3 is 2.93 bits per heavy atom. The van der Waals surface area contributed by atoms with E-state index >= 15 is 0 Å². The molecule has 2 rings (SSSR count). The first kappa shape index (κ1) is 11.9. The molecule has 0 aromatic heterocycles. The fourth-order valence-corrected chi connectivity index (χ4v) is 3.95. The fraction of sp³-hybridized carbons (Fsp3) is 0.455. The molecule has 0 saturated carbocycles. The average Bonchev–Trinajstić information content (AvgIpc) is 2.57. The first-order chi connectivity index (χ1) is 7.16. The van der Waals surface area contributed by atoms with Crippen LogP contribution in [0.2, 0.25) is 5.02 Å². The third kappa shape index (κ3) is 2.94. The van der Waals surface area contributed by atoms with E-state index in [0.29, 0.717) is 11.3 Å². The highest BCUT2D eigenvalue weighted by molar-refractivity contribution is 14.1. The van der Waals surface area contributed by atoms with Gasteiger partial charge in [0.15, 0.2) is 0 Å². The summed E-state index contributed by atoms with van der Waals surface area (Å²) >= 11 is 10.3. The predicted octanol–water partition coefficient (Wildman–Crippen LogP) is 4.25. The zero-order valence-corrected chi connectivity index (χ0v) is 12.2. The molecule has 2 atom stereocenters. The molecule has 0 bridgehead atoms. The van der Waals surface area contributed by atoms with Gasteiger partial charge in [-0.05, 0) is 53.0 Å². The summed E-state index contributed by atoms with van der Waals surface area (Å²) in [5.74, 6) is 1.27. The summed E-state index contributed by atoms with van der Waals surface area (Å²) in [5, 5.41) is 5.11. The van der Waals surface area contributed by atoms with Crippen LogP contribution in [0.25, 0.3) is 0 Å². The van der Waals surface area contributed by atoms with Gasteiger partial charge < -0.3 is 5.32 Å². The Hall–Kier alpha value is 0.390. The molecule has 1 aliphatic heterocycles. The lowest BCUT2D eigenvalue weighted by Crippen LogP contribution is -2.25. The van der Waals surface area contributed by atoms with Crippen molar-refractivity contribution in [2.24, 2.45) is 0 Å². The van der Waals surface area contributed by atoms with Crippen LogP contribution in [0.4, 0.5) is 5.69 Å². The van der Waals surface area contributed by atoms with Gasteiger partial charge in [0, 0.05) is 25.6 Å². The molecule has 1 aliphatic rings. The monoisotopic (exact) mass is 353 g/mol. The standard InChI is InChI=1S/C11H13ClINS/c1-7-10(4-5-15-7)14-11-3-2-8(12)6-9(11)13/h2-3,6-7,10,14H,4-5H2,1H3. The van der Waals surface area contributed by atoms with E-state index in [-0.39, 0.29) is 0 Å². The highest BCUT2D eigenvalue weighted by Crippen LogP contribution is 2.30. The number of anilines is 1. The largest absolute Gasteiger partial charge is 0.380 e. The first-order valence-electron chi connectivity index (χ1n) is 5.00. The van der Waals surface area contributed by atoms with Crippen molar-refractivity contribution in [3.8, 4) is 0 Å². The molecule has 2 unspecified atom stereocenters. The molecule has 1 saturated heterocycles. The molecule has 1 nitrogen and oxygen atoms in total. The number of nitrogens with one attached hydrogen (secondary N) is 1. The molecule has 1 aromatic carbocycles. The molecule has 4 heteroatoms. The molecule has 1 N–H and O–H groups in total. The van der Waals surface area contributed by atoms with Gasteiger partial charge in [0.25, 0.3) is 0 Å². The zero-order valence-electron chi connectivity index (χ0n) is 8.47. The van der Waals surface area contributed by atoms with Crippen LogP contribution in [0.3, 0.4) is 0 Å². The summed E-state index contributed by atoms with van der Waals surface area (Å²) in [5.41, 5.74) is 1.21. The van der Waals surface area contributed by atoms with E-state index in [2.05, 4.69) is 40.9 Å². The van der Waals surface area contributed by atoms with E-state index in [0.717, 1.165) is 5.02 Å². The number of hydrogen-bond acceptors (Lipinski definition) is 2. The highest BCUT2D eigenvalue weighted by Gasteiger charge is 2.23. The summed E-state index contributed by atoms with van der Waals surface area (Å²) in [6.07, 6.45) is 1.25. The first-order valence-corrected chi connectivity index (χ1v) is 7.50. The molecule has 15 heavy (non-hydrogen) atoms. The third-order valence-electron chi connectivity index (χ3n) is 2.65. The Labute approximate surface area is 113 Å². The molecule has 0 radical (unpaired) electrons. The maximum Gasteiger partial charge on any atom is 0.0479 e. The SMILES string of the molecule is CC1SCCC1Nc1ccc(Cl)cc1I. The van der Waals surface area contributed by atoms with Gasteiger partial charge in [-0.25, -0.2) is 0 Å². The quantitative estimate of drug-likeness (QED) is 0.798. The summed E-state index contributed by atoms with van der Waals surface area (Å²) in [4.78, 5) is 0. The minimum absolute atomic E-state index is 0.602. The van der Waals surface area contributed by atoms with Crippen LogP contribution in [0, 0.1) is 3.57 Å². The number of thioether (sulfide) groups is 1. The highest BCUT2D eigenvalue weighted by atomic mass is 127. The Bertz CT molecular complexity index is 358. The molecule has 1 aromatic rings. The Morgan fingerprint density at radius 2 is 2.33 bits per heavy atom. The Kier molecular flexibility index (Phi) is 4.07. The predicted molar refractivity (Wildman–Crippen MR) is 78.1 cm³/mol. The van der Waals surface area contributed by atoms with Crippen LogP contribution in [-0.2, 0) is 0 Å². The van der Waals surface area contributed by atoms with Crippen LogP contribution < -0.4 is 5.32 Å². The molecule has 82 valence electrons. The van der Waals surface area contributed by atoms with Crippen molar-refractivity contribution in [1.82, 2.24) is 0 Å². The summed E-state index contributed by atoms with van der Waals surface area (Å²) in [6.45, 7) is 2.29. The van der Waals surface area contributed by atoms with Gasteiger partial charge in [-0.1, -0.05) is 18.5 Å². The van der Waals surface area contributed by atoms with Gasteiger partial charge in [-0.2, -0.15) is 11.8 Å². The van der Waals surface area contributed by atoms with Crippen molar-refractivity contribution in [2.75, 3.05) is 11.1 Å². The second kappa shape index (κ2) is 5.15. The minimum Gasteiger partial charge on any atom is -0.380 e.